The van der Waals surface area contributed by atoms with Gasteiger partial charge in [-0.15, -0.1) is 0 Å². The third-order valence-electron chi connectivity index (χ3n) is 2.85. The highest BCUT2D eigenvalue weighted by Crippen LogP contribution is 2.21. The summed E-state index contributed by atoms with van der Waals surface area (Å²) < 4.78 is 19.2. The van der Waals surface area contributed by atoms with Crippen LogP contribution in [-0.4, -0.2) is 62.5 Å². The van der Waals surface area contributed by atoms with E-state index in [2.05, 4.69) is 15.9 Å². The first kappa shape index (κ1) is 17.6. The largest absolute Gasteiger partial charge is 0.383 e. The number of rotatable bonds is 6. The van der Waals surface area contributed by atoms with Crippen molar-refractivity contribution in [2.24, 2.45) is 0 Å². The number of benzene rings is 1. The zero-order chi connectivity index (χ0) is 16.0. The molecule has 0 unspecified atom stereocenters. The van der Waals surface area contributed by atoms with Gasteiger partial charge in [-0.3, -0.25) is 9.59 Å². The molecule has 0 aliphatic rings. The van der Waals surface area contributed by atoms with Gasteiger partial charge in [-0.05, 0) is 28.1 Å². The number of nitrogens with zero attached hydrogens (tertiary/aromatic N) is 2. The fourth-order valence-electron chi connectivity index (χ4n) is 1.62. The highest BCUT2D eigenvalue weighted by molar-refractivity contribution is 9.10. The van der Waals surface area contributed by atoms with Gasteiger partial charge in [0.1, 0.15) is 12.4 Å². The fraction of sp³-hybridized carbons (Fsp3) is 0.429. The molecule has 0 atom stereocenters. The van der Waals surface area contributed by atoms with Crippen molar-refractivity contribution in [3.8, 4) is 0 Å². The molecule has 1 aromatic carbocycles. The fourth-order valence-corrected chi connectivity index (χ4v) is 2.13. The van der Waals surface area contributed by atoms with Gasteiger partial charge < -0.3 is 14.5 Å². The Hall–Kier alpha value is -1.47. The van der Waals surface area contributed by atoms with Crippen LogP contribution in [0.5, 0.6) is 0 Å². The van der Waals surface area contributed by atoms with Crippen LogP contribution < -0.4 is 0 Å². The number of hydrogen-bond acceptors (Lipinski definition) is 3. The minimum atomic E-state index is -0.630. The summed E-state index contributed by atoms with van der Waals surface area (Å²) in [4.78, 5) is 26.9. The Morgan fingerprint density at radius 1 is 1.33 bits per heavy atom. The molecule has 1 aromatic rings. The van der Waals surface area contributed by atoms with E-state index >= 15 is 0 Å². The second kappa shape index (κ2) is 8.09. The van der Waals surface area contributed by atoms with Gasteiger partial charge in [-0.2, -0.15) is 0 Å². The predicted molar refractivity (Wildman–Crippen MR) is 80.6 cm³/mol. The van der Waals surface area contributed by atoms with Gasteiger partial charge >= 0.3 is 0 Å². The summed E-state index contributed by atoms with van der Waals surface area (Å²) in [5.74, 6) is -1.42. The molecule has 0 spiro atoms. The van der Waals surface area contributed by atoms with Crippen LogP contribution in [-0.2, 0) is 9.53 Å². The van der Waals surface area contributed by atoms with E-state index in [-0.39, 0.29) is 31.2 Å². The summed E-state index contributed by atoms with van der Waals surface area (Å²) in [6.45, 7) is 0.337. The average molecular weight is 361 g/mol. The Balaban J connectivity index is 3.02. The zero-order valence-electron chi connectivity index (χ0n) is 12.2. The zero-order valence-corrected chi connectivity index (χ0v) is 13.8. The average Bonchev–Trinajstić information content (AvgIpc) is 2.42. The van der Waals surface area contributed by atoms with E-state index in [0.717, 1.165) is 0 Å². The Labute approximate surface area is 131 Å². The van der Waals surface area contributed by atoms with Crippen LogP contribution in [0, 0.1) is 5.82 Å². The Bertz CT molecular complexity index is 503. The summed E-state index contributed by atoms with van der Waals surface area (Å²) in [7, 11) is 4.69. The Morgan fingerprint density at radius 2 is 2.00 bits per heavy atom. The van der Waals surface area contributed by atoms with E-state index < -0.39 is 11.7 Å². The molecule has 0 aliphatic heterocycles. The molecule has 7 heteroatoms. The second-order valence-corrected chi connectivity index (χ2v) is 5.46. The molecule has 0 heterocycles. The monoisotopic (exact) mass is 360 g/mol. The second-order valence-electron chi connectivity index (χ2n) is 4.60. The minimum absolute atomic E-state index is 0.0832. The number of amides is 2. The number of ether oxygens (including phenoxy) is 1. The Morgan fingerprint density at radius 3 is 2.52 bits per heavy atom. The van der Waals surface area contributed by atoms with Gasteiger partial charge in [0.15, 0.2) is 0 Å². The van der Waals surface area contributed by atoms with Gasteiger partial charge in [-0.1, -0.05) is 6.07 Å². The summed E-state index contributed by atoms with van der Waals surface area (Å²) in [5.41, 5.74) is -0.0832. The lowest BCUT2D eigenvalue weighted by Crippen LogP contribution is -2.42. The molecule has 0 N–H and O–H groups in total. The molecule has 0 saturated heterocycles. The number of likely N-dealkylation sites (N-methyl/N-ethyl adjacent to an activating group) is 1. The molecule has 0 aromatic heterocycles. The number of halogens is 2. The first-order chi connectivity index (χ1) is 9.88. The molecule has 0 saturated carbocycles. The molecule has 116 valence electrons. The van der Waals surface area contributed by atoms with Crippen LogP contribution in [0.25, 0.3) is 0 Å². The van der Waals surface area contributed by atoms with Gasteiger partial charge in [0.25, 0.3) is 5.91 Å². The quantitative estimate of drug-likeness (QED) is 0.776. The third-order valence-corrected chi connectivity index (χ3v) is 3.51. The predicted octanol–water partition coefficient (Wildman–Crippen LogP) is 1.76. The summed E-state index contributed by atoms with van der Waals surface area (Å²) in [6.07, 6.45) is 0. The lowest BCUT2D eigenvalue weighted by atomic mass is 10.2. The van der Waals surface area contributed by atoms with Gasteiger partial charge in [0.05, 0.1) is 12.2 Å². The van der Waals surface area contributed by atoms with E-state index in [1.807, 2.05) is 0 Å². The highest BCUT2D eigenvalue weighted by Gasteiger charge is 2.24. The van der Waals surface area contributed by atoms with E-state index in [9.17, 15) is 14.0 Å². The van der Waals surface area contributed by atoms with Crippen molar-refractivity contribution in [2.45, 2.75) is 0 Å². The van der Waals surface area contributed by atoms with E-state index in [0.29, 0.717) is 4.47 Å². The number of methoxy groups -OCH3 is 1. The lowest BCUT2D eigenvalue weighted by molar-refractivity contribution is -0.129. The van der Waals surface area contributed by atoms with E-state index in [1.165, 1.54) is 29.0 Å². The maximum atomic E-state index is 13.9. The smallest absolute Gasteiger partial charge is 0.258 e. The molecule has 0 fully saturated rings. The molecule has 2 amide bonds. The van der Waals surface area contributed by atoms with Crippen LogP contribution in [0.3, 0.4) is 0 Å². The molecule has 0 aliphatic carbocycles. The highest BCUT2D eigenvalue weighted by atomic mass is 79.9. The molecule has 0 bridgehead atoms. The summed E-state index contributed by atoms with van der Waals surface area (Å²) in [6, 6.07) is 4.29. The van der Waals surface area contributed by atoms with Crippen LogP contribution in [0.15, 0.2) is 22.7 Å². The van der Waals surface area contributed by atoms with Crippen LogP contribution in [0.2, 0.25) is 0 Å². The standard InChI is InChI=1S/C14H18BrFN2O3/c1-17(2)12(19)9-18(7-8-21-3)14(20)13-10(15)5-4-6-11(13)16/h4-6H,7-9H2,1-3H3. The molecular formula is C14H18BrFN2O3. The SMILES string of the molecule is COCCN(CC(=O)N(C)C)C(=O)c1c(F)cccc1Br. The first-order valence-electron chi connectivity index (χ1n) is 6.30. The third kappa shape index (κ3) is 4.78. The lowest BCUT2D eigenvalue weighted by Gasteiger charge is -2.24. The van der Waals surface area contributed by atoms with Crippen molar-refractivity contribution in [1.82, 2.24) is 9.80 Å². The molecule has 21 heavy (non-hydrogen) atoms. The molecular weight excluding hydrogens is 343 g/mol. The molecule has 1 rings (SSSR count). The van der Waals surface area contributed by atoms with Gasteiger partial charge in [0, 0.05) is 32.2 Å². The summed E-state index contributed by atoms with van der Waals surface area (Å²) >= 11 is 3.17. The van der Waals surface area contributed by atoms with Gasteiger partial charge in [0.2, 0.25) is 5.91 Å². The van der Waals surface area contributed by atoms with E-state index in [4.69, 9.17) is 4.74 Å². The van der Waals surface area contributed by atoms with Crippen molar-refractivity contribution in [1.29, 1.82) is 0 Å². The normalized spacial score (nSPS) is 10.3. The van der Waals surface area contributed by atoms with Crippen molar-refractivity contribution in [3.63, 3.8) is 0 Å². The van der Waals surface area contributed by atoms with E-state index in [1.54, 1.807) is 20.2 Å². The maximum Gasteiger partial charge on any atom is 0.258 e. The molecule has 0 radical (unpaired) electrons. The van der Waals surface area contributed by atoms with Crippen molar-refractivity contribution < 1.29 is 18.7 Å². The first-order valence-corrected chi connectivity index (χ1v) is 7.10. The topological polar surface area (TPSA) is 49.9 Å². The van der Waals surface area contributed by atoms with Crippen LogP contribution in [0.4, 0.5) is 4.39 Å². The minimum Gasteiger partial charge on any atom is -0.383 e. The van der Waals surface area contributed by atoms with Crippen LogP contribution in [0.1, 0.15) is 10.4 Å². The molecule has 5 nitrogen and oxygen atoms in total. The Kier molecular flexibility index (Phi) is 6.77. The van der Waals surface area contributed by atoms with Crippen LogP contribution >= 0.6 is 15.9 Å². The number of hydrogen-bond donors (Lipinski definition) is 0. The van der Waals surface area contributed by atoms with Gasteiger partial charge in [-0.25, -0.2) is 4.39 Å². The van der Waals surface area contributed by atoms with Crippen molar-refractivity contribution in [2.75, 3.05) is 40.9 Å². The van der Waals surface area contributed by atoms with Crippen molar-refractivity contribution >= 4 is 27.7 Å². The number of carbonyl (C=O) groups is 2. The maximum absolute atomic E-state index is 13.9. The number of carbonyl (C=O) groups excluding carboxylic acids is 2. The summed E-state index contributed by atoms with van der Waals surface area (Å²) in [5, 5.41) is 0. The van der Waals surface area contributed by atoms with Crippen molar-refractivity contribution in [3.05, 3.63) is 34.1 Å².